The van der Waals surface area contributed by atoms with E-state index in [1.54, 1.807) is 0 Å². The third-order valence-electron chi connectivity index (χ3n) is 1.65. The van der Waals surface area contributed by atoms with Crippen LogP contribution in [0.3, 0.4) is 0 Å². The second-order valence-electron chi connectivity index (χ2n) is 2.99. The van der Waals surface area contributed by atoms with Crippen LogP contribution >= 0.6 is 0 Å². The molecular weight excluding hydrogens is 224 g/mol. The molecule has 84 valence electrons. The molecule has 1 rings (SSSR count). The Morgan fingerprint density at radius 3 is 2.60 bits per heavy atom. The van der Waals surface area contributed by atoms with Gasteiger partial charge in [0, 0.05) is 5.41 Å². The zero-order valence-corrected chi connectivity index (χ0v) is 8.45. The first-order chi connectivity index (χ1) is 6.89. The van der Waals surface area contributed by atoms with E-state index in [1.165, 1.54) is 6.08 Å². The first-order valence-corrected chi connectivity index (χ1v) is 5.78. The number of carboxylic acids is 1. The molecule has 7 nitrogen and oxygen atoms in total. The van der Waals surface area contributed by atoms with Gasteiger partial charge in [0.15, 0.2) is 9.84 Å². The van der Waals surface area contributed by atoms with E-state index in [0.717, 1.165) is 5.41 Å². The maximum atomic E-state index is 11.0. The molecule has 1 unspecified atom stereocenters. The molecule has 0 spiro atoms. The molecule has 1 aliphatic rings. The average Bonchev–Trinajstić information content (AvgIpc) is 2.42. The fourth-order valence-electron chi connectivity index (χ4n) is 1.04. The van der Waals surface area contributed by atoms with Crippen molar-refractivity contribution < 1.29 is 23.1 Å². The number of aliphatic carboxylic acids is 1. The van der Waals surface area contributed by atoms with Gasteiger partial charge >= 0.3 is 12.0 Å². The summed E-state index contributed by atoms with van der Waals surface area (Å²) < 4.78 is 21.9. The molecule has 1 heterocycles. The smallest absolute Gasteiger partial charge is 0.323 e. The van der Waals surface area contributed by atoms with Crippen molar-refractivity contribution in [2.24, 2.45) is 0 Å². The number of carboxylic acid groups (broad SMARTS) is 1. The number of hydrogen-bond acceptors (Lipinski definition) is 4. The van der Waals surface area contributed by atoms with Crippen LogP contribution in [-0.4, -0.2) is 43.9 Å². The first-order valence-electron chi connectivity index (χ1n) is 4.06. The van der Waals surface area contributed by atoms with Crippen molar-refractivity contribution in [2.45, 2.75) is 6.04 Å². The summed E-state index contributed by atoms with van der Waals surface area (Å²) in [6.07, 6.45) is 1.34. The van der Waals surface area contributed by atoms with Crippen LogP contribution in [0.2, 0.25) is 0 Å². The van der Waals surface area contributed by atoms with Gasteiger partial charge in [0.25, 0.3) is 0 Å². The van der Waals surface area contributed by atoms with Crippen molar-refractivity contribution >= 4 is 21.8 Å². The van der Waals surface area contributed by atoms with Crippen LogP contribution in [0.5, 0.6) is 0 Å². The van der Waals surface area contributed by atoms with Crippen molar-refractivity contribution in [1.82, 2.24) is 10.6 Å². The highest BCUT2D eigenvalue weighted by molar-refractivity contribution is 7.94. The summed E-state index contributed by atoms with van der Waals surface area (Å²) in [7, 11) is -3.21. The number of carbonyl (C=O) groups is 2. The minimum absolute atomic E-state index is 0.187. The van der Waals surface area contributed by atoms with E-state index in [4.69, 9.17) is 5.11 Å². The molecule has 0 saturated carbocycles. The molecule has 0 aliphatic carbocycles. The average molecular weight is 234 g/mol. The summed E-state index contributed by atoms with van der Waals surface area (Å²) in [5.74, 6) is -1.35. The Morgan fingerprint density at radius 2 is 2.13 bits per heavy atom. The fraction of sp³-hybridized carbons (Fsp3) is 0.429. The maximum Gasteiger partial charge on any atom is 0.323 e. The number of hydrogen-bond donors (Lipinski definition) is 3. The standard InChI is InChI=1S/C7H10N2O5S/c10-6(11)3-8-7(12)9-5-1-2-15(13,14)4-5/h1-2,5H,3-4H2,(H,10,11)(H2,8,9,12). The Balaban J connectivity index is 2.35. The van der Waals surface area contributed by atoms with Crippen LogP contribution in [0.15, 0.2) is 11.5 Å². The molecule has 15 heavy (non-hydrogen) atoms. The molecule has 0 fully saturated rings. The van der Waals surface area contributed by atoms with Crippen molar-refractivity contribution in [1.29, 1.82) is 0 Å². The van der Waals surface area contributed by atoms with E-state index in [0.29, 0.717) is 0 Å². The molecule has 0 aromatic heterocycles. The molecule has 3 N–H and O–H groups in total. The van der Waals surface area contributed by atoms with E-state index in [-0.39, 0.29) is 5.75 Å². The highest BCUT2D eigenvalue weighted by atomic mass is 32.2. The van der Waals surface area contributed by atoms with E-state index in [9.17, 15) is 18.0 Å². The van der Waals surface area contributed by atoms with E-state index in [2.05, 4.69) is 10.6 Å². The Labute approximate surface area is 86.1 Å². The molecule has 1 atom stereocenters. The lowest BCUT2D eigenvalue weighted by molar-refractivity contribution is -0.135. The summed E-state index contributed by atoms with van der Waals surface area (Å²) in [6, 6.07) is -1.30. The largest absolute Gasteiger partial charge is 0.480 e. The van der Waals surface area contributed by atoms with Gasteiger partial charge < -0.3 is 15.7 Å². The lowest BCUT2D eigenvalue weighted by atomic mass is 10.3. The zero-order valence-electron chi connectivity index (χ0n) is 7.63. The molecule has 0 aromatic rings. The van der Waals surface area contributed by atoms with Gasteiger partial charge in [0.1, 0.15) is 6.54 Å². The fourth-order valence-corrected chi connectivity index (χ4v) is 2.28. The topological polar surface area (TPSA) is 113 Å². The van der Waals surface area contributed by atoms with Crippen molar-refractivity contribution in [3.63, 3.8) is 0 Å². The summed E-state index contributed by atoms with van der Waals surface area (Å²) >= 11 is 0. The second-order valence-corrected chi connectivity index (χ2v) is 4.92. The van der Waals surface area contributed by atoms with Gasteiger partial charge in [-0.2, -0.15) is 0 Å². The summed E-state index contributed by atoms with van der Waals surface area (Å²) in [6.45, 7) is -0.505. The molecule has 0 bridgehead atoms. The summed E-state index contributed by atoms with van der Waals surface area (Å²) in [5, 5.41) is 13.6. The summed E-state index contributed by atoms with van der Waals surface area (Å²) in [5.41, 5.74) is 0. The second kappa shape index (κ2) is 4.30. The van der Waals surface area contributed by atoms with Crippen LogP contribution in [0.1, 0.15) is 0 Å². The minimum Gasteiger partial charge on any atom is -0.480 e. The number of sulfone groups is 1. The van der Waals surface area contributed by atoms with Gasteiger partial charge in [-0.25, -0.2) is 13.2 Å². The Morgan fingerprint density at radius 1 is 1.47 bits per heavy atom. The lowest BCUT2D eigenvalue weighted by Crippen LogP contribution is -2.44. The molecule has 0 radical (unpaired) electrons. The van der Waals surface area contributed by atoms with E-state index >= 15 is 0 Å². The van der Waals surface area contributed by atoms with Crippen LogP contribution in [0.25, 0.3) is 0 Å². The normalized spacial score (nSPS) is 22.3. The molecular formula is C7H10N2O5S. The number of rotatable bonds is 3. The predicted molar refractivity (Wildman–Crippen MR) is 50.9 cm³/mol. The third-order valence-corrected chi connectivity index (χ3v) is 3.04. The van der Waals surface area contributed by atoms with Crippen LogP contribution in [0, 0.1) is 0 Å². The predicted octanol–water partition coefficient (Wildman–Crippen LogP) is -1.32. The van der Waals surface area contributed by atoms with Gasteiger partial charge in [0.2, 0.25) is 0 Å². The van der Waals surface area contributed by atoms with Gasteiger partial charge in [-0.15, -0.1) is 0 Å². The van der Waals surface area contributed by atoms with E-state index in [1.807, 2.05) is 0 Å². The van der Waals surface area contributed by atoms with Gasteiger partial charge in [-0.1, -0.05) is 0 Å². The highest BCUT2D eigenvalue weighted by Crippen LogP contribution is 2.07. The Hall–Kier alpha value is -1.57. The molecule has 1 aliphatic heterocycles. The van der Waals surface area contributed by atoms with Gasteiger partial charge in [-0.3, -0.25) is 4.79 Å². The zero-order chi connectivity index (χ0) is 11.5. The molecule has 0 saturated heterocycles. The van der Waals surface area contributed by atoms with Crippen LogP contribution < -0.4 is 10.6 Å². The number of nitrogens with one attached hydrogen (secondary N) is 2. The molecule has 2 amide bonds. The minimum atomic E-state index is -3.21. The first kappa shape index (κ1) is 11.5. The van der Waals surface area contributed by atoms with Gasteiger partial charge in [0.05, 0.1) is 11.8 Å². The Kier molecular flexibility index (Phi) is 3.30. The quantitative estimate of drug-likeness (QED) is 0.560. The van der Waals surface area contributed by atoms with Gasteiger partial charge in [-0.05, 0) is 6.08 Å². The van der Waals surface area contributed by atoms with Crippen molar-refractivity contribution in [3.8, 4) is 0 Å². The molecule has 8 heteroatoms. The number of carbonyl (C=O) groups excluding carboxylic acids is 1. The number of amides is 2. The summed E-state index contributed by atoms with van der Waals surface area (Å²) in [4.78, 5) is 21.1. The third kappa shape index (κ3) is 3.98. The SMILES string of the molecule is O=C(O)CNC(=O)NC1C=CS(=O)(=O)C1. The Bertz CT molecular complexity index is 400. The maximum absolute atomic E-state index is 11.0. The van der Waals surface area contributed by atoms with Crippen molar-refractivity contribution in [2.75, 3.05) is 12.3 Å². The van der Waals surface area contributed by atoms with E-state index < -0.39 is 34.4 Å². The monoisotopic (exact) mass is 234 g/mol. The van der Waals surface area contributed by atoms with Crippen LogP contribution in [-0.2, 0) is 14.6 Å². The van der Waals surface area contributed by atoms with Crippen molar-refractivity contribution in [3.05, 3.63) is 11.5 Å². The van der Waals surface area contributed by atoms with Crippen LogP contribution in [0.4, 0.5) is 4.79 Å². The number of urea groups is 1. The molecule has 0 aromatic carbocycles. The lowest BCUT2D eigenvalue weighted by Gasteiger charge is -2.09. The highest BCUT2D eigenvalue weighted by Gasteiger charge is 2.22.